The largest absolute Gasteiger partial charge is 0.396 e. The summed E-state index contributed by atoms with van der Waals surface area (Å²) in [7, 11) is 0. The fourth-order valence-electron chi connectivity index (χ4n) is 0.166. The average Bonchev–Trinajstić information content (AvgIpc) is 1.65. The summed E-state index contributed by atoms with van der Waals surface area (Å²) in [5, 5.41) is 8.43. The van der Waals surface area contributed by atoms with Crippen molar-refractivity contribution in [1.82, 2.24) is 0 Å². The highest BCUT2D eigenvalue weighted by molar-refractivity contribution is 5.85. The first-order chi connectivity index (χ1) is 3.18. The van der Waals surface area contributed by atoms with Crippen LogP contribution in [-0.4, -0.2) is 17.8 Å². The van der Waals surface area contributed by atoms with Crippen molar-refractivity contribution in [3.8, 4) is 0 Å². The molecule has 3 N–H and O–H groups in total. The van der Waals surface area contributed by atoms with Gasteiger partial charge in [0.25, 0.3) is 0 Å². The van der Waals surface area contributed by atoms with Crippen molar-refractivity contribution < 1.29 is 5.11 Å². The molecule has 2 nitrogen and oxygen atoms in total. The molecule has 8 heavy (non-hydrogen) atoms. The third-order valence-electron chi connectivity index (χ3n) is 1.19. The molecule has 0 aromatic rings. The highest BCUT2D eigenvalue weighted by Crippen LogP contribution is 1.95. The van der Waals surface area contributed by atoms with Gasteiger partial charge in [-0.2, -0.15) is 0 Å². The van der Waals surface area contributed by atoms with E-state index in [2.05, 4.69) is 0 Å². The standard InChI is InChI=1S/C5H13NO.ClH/c1-4(3-7)5(2)6;/h4-5,7H,3,6H2,1-2H3;1H. The third-order valence-corrected chi connectivity index (χ3v) is 1.19. The Morgan fingerprint density at radius 1 is 1.50 bits per heavy atom. The van der Waals surface area contributed by atoms with Gasteiger partial charge >= 0.3 is 0 Å². The Balaban J connectivity index is 0. The number of aliphatic hydroxyl groups excluding tert-OH is 1. The monoisotopic (exact) mass is 139 g/mol. The second-order valence-electron chi connectivity index (χ2n) is 2.02. The van der Waals surface area contributed by atoms with Gasteiger partial charge in [0.05, 0.1) is 0 Å². The molecule has 52 valence electrons. The van der Waals surface area contributed by atoms with Crippen LogP contribution in [0.1, 0.15) is 13.8 Å². The van der Waals surface area contributed by atoms with Gasteiger partial charge in [-0.3, -0.25) is 0 Å². The third kappa shape index (κ3) is 4.37. The maximum atomic E-state index is 8.43. The van der Waals surface area contributed by atoms with Crippen LogP contribution in [0.5, 0.6) is 0 Å². The number of aliphatic hydroxyl groups is 1. The summed E-state index contributed by atoms with van der Waals surface area (Å²) in [5.41, 5.74) is 5.39. The molecule has 0 aromatic heterocycles. The van der Waals surface area contributed by atoms with Crippen LogP contribution in [0.25, 0.3) is 0 Å². The smallest absolute Gasteiger partial charge is 0.0471 e. The van der Waals surface area contributed by atoms with Crippen LogP contribution in [0.4, 0.5) is 0 Å². The van der Waals surface area contributed by atoms with Gasteiger partial charge in [-0.05, 0) is 12.8 Å². The molecule has 0 rings (SSSR count). The Morgan fingerprint density at radius 3 is 1.88 bits per heavy atom. The Bertz CT molecular complexity index is 49.7. The molecule has 0 aliphatic rings. The molecule has 0 aliphatic heterocycles. The SMILES string of the molecule is CC(N)C(C)CO.Cl. The number of hydrogen-bond donors (Lipinski definition) is 2. The van der Waals surface area contributed by atoms with E-state index in [9.17, 15) is 0 Å². The maximum Gasteiger partial charge on any atom is 0.0471 e. The summed E-state index contributed by atoms with van der Waals surface area (Å²) in [5.74, 6) is 0.236. The van der Waals surface area contributed by atoms with Gasteiger partial charge in [0.15, 0.2) is 0 Å². The van der Waals surface area contributed by atoms with E-state index in [0.717, 1.165) is 0 Å². The molecule has 0 saturated carbocycles. The topological polar surface area (TPSA) is 46.2 Å². The minimum Gasteiger partial charge on any atom is -0.396 e. The lowest BCUT2D eigenvalue weighted by Gasteiger charge is -2.09. The van der Waals surface area contributed by atoms with E-state index in [-0.39, 0.29) is 31.0 Å². The van der Waals surface area contributed by atoms with Gasteiger partial charge in [0, 0.05) is 12.6 Å². The number of nitrogens with two attached hydrogens (primary N) is 1. The van der Waals surface area contributed by atoms with Gasteiger partial charge in [-0.25, -0.2) is 0 Å². The molecule has 0 saturated heterocycles. The molecule has 3 heteroatoms. The summed E-state index contributed by atoms with van der Waals surface area (Å²) in [6, 6.07) is 0.116. The Morgan fingerprint density at radius 2 is 1.88 bits per heavy atom. The summed E-state index contributed by atoms with van der Waals surface area (Å²) >= 11 is 0. The van der Waals surface area contributed by atoms with E-state index in [4.69, 9.17) is 10.8 Å². The molecule has 2 unspecified atom stereocenters. The molecule has 0 aliphatic carbocycles. The quantitative estimate of drug-likeness (QED) is 0.581. The average molecular weight is 140 g/mol. The van der Waals surface area contributed by atoms with Crippen LogP contribution < -0.4 is 5.73 Å². The van der Waals surface area contributed by atoms with Crippen molar-refractivity contribution in [3.63, 3.8) is 0 Å². The lowest BCUT2D eigenvalue weighted by Crippen LogP contribution is -2.26. The van der Waals surface area contributed by atoms with E-state index < -0.39 is 0 Å². The van der Waals surface area contributed by atoms with Crippen LogP contribution >= 0.6 is 12.4 Å². The highest BCUT2D eigenvalue weighted by Gasteiger charge is 2.02. The molecule has 0 heterocycles. The fraction of sp³-hybridized carbons (Fsp3) is 1.00. The zero-order chi connectivity index (χ0) is 5.86. The van der Waals surface area contributed by atoms with Crippen LogP contribution in [0.15, 0.2) is 0 Å². The summed E-state index contributed by atoms with van der Waals surface area (Å²) in [4.78, 5) is 0. The Labute approximate surface area is 56.5 Å². The van der Waals surface area contributed by atoms with Crippen molar-refractivity contribution in [1.29, 1.82) is 0 Å². The number of halogens is 1. The first-order valence-electron chi connectivity index (χ1n) is 2.55. The minimum absolute atomic E-state index is 0. The predicted octanol–water partition coefficient (Wildman–Crippen LogP) is 0.384. The zero-order valence-electron chi connectivity index (χ0n) is 5.29. The molecule has 0 radical (unpaired) electrons. The van der Waals surface area contributed by atoms with Crippen molar-refractivity contribution >= 4 is 12.4 Å². The van der Waals surface area contributed by atoms with Crippen molar-refractivity contribution in [3.05, 3.63) is 0 Å². The summed E-state index contributed by atoms with van der Waals surface area (Å²) in [6.07, 6.45) is 0. The number of rotatable bonds is 2. The van der Waals surface area contributed by atoms with E-state index in [0.29, 0.717) is 0 Å². The summed E-state index contributed by atoms with van der Waals surface area (Å²) < 4.78 is 0. The van der Waals surface area contributed by atoms with E-state index in [1.165, 1.54) is 0 Å². The summed E-state index contributed by atoms with van der Waals surface area (Å²) in [6.45, 7) is 4.00. The first kappa shape index (κ1) is 11.1. The van der Waals surface area contributed by atoms with E-state index >= 15 is 0 Å². The lowest BCUT2D eigenvalue weighted by atomic mass is 10.1. The van der Waals surface area contributed by atoms with Crippen molar-refractivity contribution in [2.24, 2.45) is 11.7 Å². The van der Waals surface area contributed by atoms with Crippen molar-refractivity contribution in [2.45, 2.75) is 19.9 Å². The highest BCUT2D eigenvalue weighted by atomic mass is 35.5. The zero-order valence-corrected chi connectivity index (χ0v) is 6.11. The molecule has 0 amide bonds. The van der Waals surface area contributed by atoms with Gasteiger partial charge < -0.3 is 10.8 Å². The minimum atomic E-state index is 0. The first-order valence-corrected chi connectivity index (χ1v) is 2.55. The predicted molar refractivity (Wildman–Crippen MR) is 37.1 cm³/mol. The van der Waals surface area contributed by atoms with Gasteiger partial charge in [0.2, 0.25) is 0 Å². The van der Waals surface area contributed by atoms with E-state index in [1.807, 2.05) is 13.8 Å². The molecule has 0 fully saturated rings. The van der Waals surface area contributed by atoms with Crippen LogP contribution in [0, 0.1) is 5.92 Å². The van der Waals surface area contributed by atoms with Gasteiger partial charge in [-0.1, -0.05) is 6.92 Å². The maximum absolute atomic E-state index is 8.43. The molecule has 0 spiro atoms. The Hall–Kier alpha value is 0.210. The van der Waals surface area contributed by atoms with E-state index in [1.54, 1.807) is 0 Å². The fourth-order valence-corrected chi connectivity index (χ4v) is 0.166. The normalized spacial score (nSPS) is 16.5. The molecular formula is C5H14ClNO. The molecular weight excluding hydrogens is 126 g/mol. The molecule has 0 aromatic carbocycles. The van der Waals surface area contributed by atoms with Crippen LogP contribution in [-0.2, 0) is 0 Å². The number of hydrogen-bond acceptors (Lipinski definition) is 2. The Kier molecular flexibility index (Phi) is 7.40. The van der Waals surface area contributed by atoms with Crippen LogP contribution in [0.3, 0.4) is 0 Å². The lowest BCUT2D eigenvalue weighted by molar-refractivity contribution is 0.221. The van der Waals surface area contributed by atoms with Gasteiger partial charge in [-0.15, -0.1) is 12.4 Å². The van der Waals surface area contributed by atoms with Gasteiger partial charge in [0.1, 0.15) is 0 Å². The second-order valence-corrected chi connectivity index (χ2v) is 2.02. The molecule has 0 bridgehead atoms. The molecule has 2 atom stereocenters. The van der Waals surface area contributed by atoms with Crippen molar-refractivity contribution in [2.75, 3.05) is 6.61 Å². The van der Waals surface area contributed by atoms with Crippen LogP contribution in [0.2, 0.25) is 0 Å². The second kappa shape index (κ2) is 5.35.